The summed E-state index contributed by atoms with van der Waals surface area (Å²) in [5, 5.41) is 101. The molecular formula is C60H85Cl2N11O17S. The predicted octanol–water partition coefficient (Wildman–Crippen LogP) is -0.968. The molecule has 91 heavy (non-hydrogen) atoms. The van der Waals surface area contributed by atoms with Crippen molar-refractivity contribution in [3.63, 3.8) is 0 Å². The number of benzene rings is 3. The minimum absolute atomic E-state index is 0. The topological polar surface area (TPSA) is 433 Å². The van der Waals surface area contributed by atoms with E-state index in [-0.39, 0.29) is 80.1 Å². The molecule has 3 aliphatic heterocycles. The maximum atomic E-state index is 14.7. The number of fused-ring (bicyclic) bond motifs is 2. The Hall–Kier alpha value is -6.87. The molecule has 16 N–H and O–H groups in total. The third-order valence-corrected chi connectivity index (χ3v) is 16.8. The van der Waals surface area contributed by atoms with E-state index in [1.807, 2.05) is 24.3 Å². The fourth-order valence-corrected chi connectivity index (χ4v) is 11.7. The van der Waals surface area contributed by atoms with E-state index in [2.05, 4.69) is 36.8 Å². The summed E-state index contributed by atoms with van der Waals surface area (Å²) in [6, 6.07) is 6.67. The average Bonchev–Trinajstić information content (AvgIpc) is 1.72. The quantitative estimate of drug-likeness (QED) is 0.0397. The SMILES string of the molecule is COCCCCCCCOc1ccc(-c2nnc(-c3ccc(C(=O)N[C@H]4C[C@@H](O)CNC(=O)[C@@H]5[C@@H](O)[C@@H](C)CN5C(=O)[C@H]([C@H](O)CCN)NC(=O)[C@H]([C@H](O)Cc5ccc(O)c(OCCN)c5)NC(=O)[C@@H]5C[C@@H](O)CN5C(=O)[C@H]([C@@H](C)O)NC4=O)cc3)s2)cc1.Cl.Cl. The smallest absolute Gasteiger partial charge is 0.251 e. The minimum Gasteiger partial charge on any atom is -0.504 e. The maximum absolute atomic E-state index is 14.7. The van der Waals surface area contributed by atoms with Crippen LogP contribution in [0.15, 0.2) is 66.7 Å². The number of aliphatic hydroxyl groups is 6. The van der Waals surface area contributed by atoms with Gasteiger partial charge in [-0.15, -0.1) is 35.0 Å². The Bertz CT molecular complexity index is 3050. The van der Waals surface area contributed by atoms with E-state index in [9.17, 15) is 69.3 Å². The highest BCUT2D eigenvalue weighted by Crippen LogP contribution is 2.33. The standard InChI is InChI=1S/C60H83N11O17S.2ClH/c1-32-30-71-50(51(32)78)56(83)63-29-38(73)27-41(64-52(79)35-10-12-36(13-11-35)57-68-69-58(89-57)37-14-16-40(17-15-37)87-23-8-6-4-5-7-22-86-3)53(80)65-47(33(2)72)59(84)70-31-39(74)28-42(70)54(81)66-48(55(82)67-49(60(71)85)44(76)19-20-61)45(77)25-34-9-18-43(75)46(26-34)88-24-21-62;;/h9-18,26,32-33,38-39,41-42,44-45,47-51,72-78H,4-8,19-25,27-31,61-62H2,1-3H3,(H,63,83)(H,64,79)(H,65,80)(H,66,81)(H,67,82);2*1H/t32-,33+,38+,39+,41-,42-,44+,45+,47-,48-,49-,50-,51-;;/m0../s1. The van der Waals surface area contributed by atoms with Gasteiger partial charge in [0.2, 0.25) is 35.4 Å². The van der Waals surface area contributed by atoms with Crippen LogP contribution >= 0.6 is 36.2 Å². The summed E-state index contributed by atoms with van der Waals surface area (Å²) in [4.78, 5) is 103. The molecular weight excluding hydrogens is 1250 g/mol. The van der Waals surface area contributed by atoms with E-state index in [0.717, 1.165) is 66.7 Å². The molecule has 3 aliphatic rings. The van der Waals surface area contributed by atoms with Crippen LogP contribution in [0.25, 0.3) is 21.1 Å². The fourth-order valence-electron chi connectivity index (χ4n) is 10.8. The van der Waals surface area contributed by atoms with Gasteiger partial charge in [-0.05, 0) is 86.8 Å². The molecule has 7 amide bonds. The lowest BCUT2D eigenvalue weighted by Crippen LogP contribution is -2.64. The maximum Gasteiger partial charge on any atom is 0.251 e. The molecule has 13 atom stereocenters. The zero-order valence-electron chi connectivity index (χ0n) is 50.8. The Labute approximate surface area is 543 Å². The highest BCUT2D eigenvalue weighted by Gasteiger charge is 2.50. The van der Waals surface area contributed by atoms with E-state index < -0.39 is 152 Å². The second-order valence-electron chi connectivity index (χ2n) is 22.6. The van der Waals surface area contributed by atoms with Crippen LogP contribution in [0.3, 0.4) is 0 Å². The van der Waals surface area contributed by atoms with Gasteiger partial charge in [0.25, 0.3) is 5.91 Å². The highest BCUT2D eigenvalue weighted by atomic mass is 35.5. The molecule has 7 rings (SSSR count). The van der Waals surface area contributed by atoms with Crippen molar-refractivity contribution in [2.75, 3.05) is 59.7 Å². The zero-order valence-corrected chi connectivity index (χ0v) is 53.2. The number of unbranched alkanes of at least 4 members (excludes halogenated alkanes) is 4. The lowest BCUT2D eigenvalue weighted by molar-refractivity contribution is -0.147. The number of aromatic nitrogens is 2. The van der Waals surface area contributed by atoms with Gasteiger partial charge in [-0.25, -0.2) is 0 Å². The number of phenols is 1. The molecule has 502 valence electrons. The number of hydrogen-bond donors (Lipinski definition) is 14. The molecule has 0 unspecified atom stereocenters. The molecule has 0 bridgehead atoms. The van der Waals surface area contributed by atoms with Gasteiger partial charge in [0.1, 0.15) is 58.6 Å². The Morgan fingerprint density at radius 3 is 1.96 bits per heavy atom. The number of methoxy groups -OCH3 is 1. The fraction of sp³-hybridized carbons (Fsp3) is 0.550. The van der Waals surface area contributed by atoms with Crippen molar-refractivity contribution in [2.24, 2.45) is 17.4 Å². The number of carbonyl (C=O) groups excluding carboxylic acids is 7. The highest BCUT2D eigenvalue weighted by molar-refractivity contribution is 7.17. The van der Waals surface area contributed by atoms with Crippen molar-refractivity contribution in [2.45, 2.75) is 145 Å². The third kappa shape index (κ3) is 20.1. The summed E-state index contributed by atoms with van der Waals surface area (Å²) in [5.74, 6) is -7.94. The lowest BCUT2D eigenvalue weighted by Gasteiger charge is -2.34. The molecule has 0 aliphatic carbocycles. The van der Waals surface area contributed by atoms with Gasteiger partial charge in [0.15, 0.2) is 11.5 Å². The van der Waals surface area contributed by atoms with Crippen LogP contribution in [-0.4, -0.2) is 230 Å². The van der Waals surface area contributed by atoms with Gasteiger partial charge in [0, 0.05) is 81.8 Å². The Kier molecular flexibility index (Phi) is 29.5. The van der Waals surface area contributed by atoms with Crippen LogP contribution in [0.2, 0.25) is 0 Å². The van der Waals surface area contributed by atoms with Gasteiger partial charge in [-0.3, -0.25) is 33.6 Å². The summed E-state index contributed by atoms with van der Waals surface area (Å²) in [5.41, 5.74) is 13.1. The van der Waals surface area contributed by atoms with Crippen molar-refractivity contribution >= 4 is 77.5 Å². The van der Waals surface area contributed by atoms with Crippen LogP contribution in [0.1, 0.15) is 81.1 Å². The summed E-state index contributed by atoms with van der Waals surface area (Å²) in [7, 11) is 1.70. The Morgan fingerprint density at radius 1 is 0.703 bits per heavy atom. The van der Waals surface area contributed by atoms with Crippen LogP contribution in [0.4, 0.5) is 0 Å². The van der Waals surface area contributed by atoms with E-state index in [4.69, 9.17) is 25.7 Å². The van der Waals surface area contributed by atoms with Gasteiger partial charge >= 0.3 is 0 Å². The molecule has 4 heterocycles. The Morgan fingerprint density at radius 2 is 1.32 bits per heavy atom. The number of carbonyl (C=O) groups is 7. The van der Waals surface area contributed by atoms with Gasteiger partial charge < -0.3 is 97.8 Å². The van der Waals surface area contributed by atoms with Crippen molar-refractivity contribution in [3.8, 4) is 38.4 Å². The molecule has 3 aromatic carbocycles. The number of aliphatic hydroxyl groups excluding tert-OH is 6. The Balaban J connectivity index is 0.00000752. The number of aromatic hydroxyl groups is 1. The number of nitrogens with two attached hydrogens (primary N) is 2. The summed E-state index contributed by atoms with van der Waals surface area (Å²) >= 11 is 1.31. The van der Waals surface area contributed by atoms with Gasteiger partial charge in [0.05, 0.1) is 43.2 Å². The van der Waals surface area contributed by atoms with Crippen LogP contribution < -0.4 is 47.5 Å². The number of hydrogen-bond acceptors (Lipinski definition) is 22. The number of halogens is 2. The number of amides is 7. The summed E-state index contributed by atoms with van der Waals surface area (Å²) in [6.45, 7) is 2.42. The van der Waals surface area contributed by atoms with E-state index in [1.54, 1.807) is 19.2 Å². The summed E-state index contributed by atoms with van der Waals surface area (Å²) < 4.78 is 16.5. The van der Waals surface area contributed by atoms with Gasteiger partial charge in [-0.1, -0.05) is 55.7 Å². The second kappa shape index (κ2) is 35.8. The first-order chi connectivity index (χ1) is 42.6. The van der Waals surface area contributed by atoms with Gasteiger partial charge in [-0.2, -0.15) is 0 Å². The molecule has 0 radical (unpaired) electrons. The van der Waals surface area contributed by atoms with E-state index in [1.165, 1.54) is 48.6 Å². The average molecular weight is 1340 g/mol. The number of ether oxygens (including phenoxy) is 3. The number of nitrogens with one attached hydrogen (secondary N) is 5. The number of β-amino-alcohol motifs (C(OH)–C–C–N with tert-alkyl or cyclic N) is 1. The lowest BCUT2D eigenvalue weighted by atomic mass is 9.98. The molecule has 31 heteroatoms. The molecule has 1 aromatic heterocycles. The first-order valence-corrected chi connectivity index (χ1v) is 30.6. The largest absolute Gasteiger partial charge is 0.504 e. The van der Waals surface area contributed by atoms with Crippen molar-refractivity contribution in [1.29, 1.82) is 0 Å². The number of rotatable bonds is 23. The third-order valence-electron chi connectivity index (χ3n) is 15.7. The second-order valence-corrected chi connectivity index (χ2v) is 23.6. The van der Waals surface area contributed by atoms with Crippen LogP contribution in [-0.2, 0) is 39.9 Å². The van der Waals surface area contributed by atoms with E-state index in [0.29, 0.717) is 22.2 Å². The number of nitrogens with zero attached hydrogens (tertiary/aromatic N) is 4. The molecule has 3 fully saturated rings. The molecule has 0 saturated carbocycles. The predicted molar refractivity (Wildman–Crippen MR) is 337 cm³/mol. The van der Waals surface area contributed by atoms with Crippen molar-refractivity contribution < 1.29 is 83.5 Å². The van der Waals surface area contributed by atoms with Crippen LogP contribution in [0, 0.1) is 5.92 Å². The van der Waals surface area contributed by atoms with Crippen LogP contribution in [0.5, 0.6) is 17.2 Å². The molecule has 28 nitrogen and oxygen atoms in total. The minimum atomic E-state index is -2.04. The molecule has 3 saturated heterocycles. The molecule has 0 spiro atoms. The molecule has 4 aromatic rings. The monoisotopic (exact) mass is 1330 g/mol. The van der Waals surface area contributed by atoms with E-state index >= 15 is 0 Å². The van der Waals surface area contributed by atoms with Crippen molar-refractivity contribution in [1.82, 2.24) is 46.6 Å². The normalized spacial score (nSPS) is 24.6. The number of phenolic OH excluding ortho intramolecular Hbond substituents is 1. The first kappa shape index (κ1) is 74.9. The zero-order chi connectivity index (χ0) is 64.5. The van der Waals surface area contributed by atoms with Crippen molar-refractivity contribution in [3.05, 3.63) is 77.9 Å². The summed E-state index contributed by atoms with van der Waals surface area (Å²) in [6.07, 6.45) is -6.60. The first-order valence-electron chi connectivity index (χ1n) is 29.8.